The molecule has 0 bridgehead atoms. The smallest absolute Gasteiger partial charge is 0.321 e. The number of hydrogen-bond donors (Lipinski definition) is 1. The Hall–Kier alpha value is -2.11. The van der Waals surface area contributed by atoms with Crippen LogP contribution in [0.3, 0.4) is 0 Å². The van der Waals surface area contributed by atoms with Gasteiger partial charge in [-0.25, -0.2) is 4.79 Å². The number of carbonyl (C=O) groups excluding carboxylic acids is 2. The van der Waals surface area contributed by atoms with Crippen molar-refractivity contribution < 1.29 is 9.59 Å². The van der Waals surface area contributed by atoms with Crippen molar-refractivity contribution in [1.29, 1.82) is 0 Å². The van der Waals surface area contributed by atoms with E-state index in [0.717, 1.165) is 11.3 Å². The first-order valence-corrected chi connectivity index (χ1v) is 7.46. The predicted molar refractivity (Wildman–Crippen MR) is 83.9 cm³/mol. The van der Waals surface area contributed by atoms with E-state index in [2.05, 4.69) is 4.98 Å². The number of amides is 3. The van der Waals surface area contributed by atoms with Gasteiger partial charge in [-0.15, -0.1) is 0 Å². The maximum Gasteiger partial charge on any atom is 0.321 e. The fourth-order valence-electron chi connectivity index (χ4n) is 2.85. The highest BCUT2D eigenvalue weighted by Crippen LogP contribution is 2.27. The number of rotatable bonds is 4. The summed E-state index contributed by atoms with van der Waals surface area (Å²) in [4.78, 5) is 31.9. The van der Waals surface area contributed by atoms with E-state index in [1.165, 1.54) is 0 Å². The molecule has 3 amide bonds. The molecule has 6 nitrogen and oxygen atoms in total. The second-order valence-corrected chi connectivity index (χ2v) is 6.88. The molecule has 22 heavy (non-hydrogen) atoms. The van der Waals surface area contributed by atoms with Gasteiger partial charge in [0.1, 0.15) is 6.04 Å². The molecule has 1 atom stereocenters. The molecule has 2 heterocycles. The maximum atomic E-state index is 12.6. The van der Waals surface area contributed by atoms with Crippen LogP contribution in [-0.2, 0) is 11.3 Å². The van der Waals surface area contributed by atoms with Gasteiger partial charge in [0.05, 0.1) is 0 Å². The summed E-state index contributed by atoms with van der Waals surface area (Å²) < 4.78 is 0. The lowest BCUT2D eigenvalue weighted by Gasteiger charge is -2.35. The molecular weight excluding hydrogens is 280 g/mol. The average molecular weight is 304 g/mol. The first-order valence-electron chi connectivity index (χ1n) is 7.46. The van der Waals surface area contributed by atoms with Crippen LogP contribution >= 0.6 is 0 Å². The highest BCUT2D eigenvalue weighted by molar-refractivity contribution is 5.87. The zero-order valence-corrected chi connectivity index (χ0v) is 13.7. The molecule has 0 saturated carbocycles. The molecule has 0 aliphatic carbocycles. The largest absolute Gasteiger partial charge is 0.368 e. The Morgan fingerprint density at radius 3 is 2.55 bits per heavy atom. The fourth-order valence-corrected chi connectivity index (χ4v) is 2.85. The van der Waals surface area contributed by atoms with Crippen LogP contribution < -0.4 is 5.73 Å². The Balaban J connectivity index is 2.12. The monoisotopic (exact) mass is 304 g/mol. The van der Waals surface area contributed by atoms with Crippen molar-refractivity contribution in [3.8, 4) is 0 Å². The molecule has 1 unspecified atom stereocenters. The summed E-state index contributed by atoms with van der Waals surface area (Å²) in [6.45, 7) is 9.29. The van der Waals surface area contributed by atoms with E-state index in [9.17, 15) is 9.59 Å². The van der Waals surface area contributed by atoms with Gasteiger partial charge in [0.25, 0.3) is 0 Å². The van der Waals surface area contributed by atoms with E-state index < -0.39 is 11.9 Å². The first kappa shape index (κ1) is 16.3. The number of carbonyl (C=O) groups is 2. The summed E-state index contributed by atoms with van der Waals surface area (Å²) in [5.41, 5.74) is 7.06. The molecule has 120 valence electrons. The topological polar surface area (TPSA) is 79.5 Å². The van der Waals surface area contributed by atoms with E-state index in [-0.39, 0.29) is 11.4 Å². The lowest BCUT2D eigenvalue weighted by atomic mass is 9.85. The van der Waals surface area contributed by atoms with Gasteiger partial charge in [0.2, 0.25) is 5.91 Å². The standard InChI is InChI=1S/C16H24N4O2/c1-11-5-6-12(9-18-11)10-19-7-8-20(15(19)22)13(14(17)21)16(2,3)4/h5-6,9,13H,7-8,10H2,1-4H3,(H2,17,21). The minimum Gasteiger partial charge on any atom is -0.368 e. The molecule has 2 rings (SSSR count). The van der Waals surface area contributed by atoms with Crippen LogP contribution in [0.25, 0.3) is 0 Å². The Morgan fingerprint density at radius 2 is 2.05 bits per heavy atom. The number of urea groups is 1. The van der Waals surface area contributed by atoms with Crippen molar-refractivity contribution in [2.75, 3.05) is 13.1 Å². The molecule has 6 heteroatoms. The third-order valence-electron chi connectivity index (χ3n) is 3.87. The average Bonchev–Trinajstić information content (AvgIpc) is 2.73. The Bertz CT molecular complexity index is 563. The van der Waals surface area contributed by atoms with E-state index in [1.807, 2.05) is 39.8 Å². The van der Waals surface area contributed by atoms with Crippen LogP contribution in [0.4, 0.5) is 4.79 Å². The van der Waals surface area contributed by atoms with Gasteiger partial charge < -0.3 is 15.5 Å². The van der Waals surface area contributed by atoms with Gasteiger partial charge in [0.15, 0.2) is 0 Å². The quantitative estimate of drug-likeness (QED) is 0.916. The highest BCUT2D eigenvalue weighted by Gasteiger charge is 2.42. The minimum atomic E-state index is -0.596. The minimum absolute atomic E-state index is 0.140. The van der Waals surface area contributed by atoms with Gasteiger partial charge in [-0.1, -0.05) is 26.8 Å². The van der Waals surface area contributed by atoms with Gasteiger partial charge >= 0.3 is 6.03 Å². The molecule has 1 saturated heterocycles. The molecule has 0 aromatic carbocycles. The summed E-state index contributed by atoms with van der Waals surface area (Å²) >= 11 is 0. The van der Waals surface area contributed by atoms with Crippen molar-refractivity contribution in [3.63, 3.8) is 0 Å². The molecule has 1 aromatic heterocycles. The lowest BCUT2D eigenvalue weighted by Crippen LogP contribution is -2.53. The second-order valence-electron chi connectivity index (χ2n) is 6.88. The van der Waals surface area contributed by atoms with E-state index in [1.54, 1.807) is 16.0 Å². The van der Waals surface area contributed by atoms with Gasteiger partial charge in [-0.3, -0.25) is 9.78 Å². The van der Waals surface area contributed by atoms with Crippen LogP contribution in [0.1, 0.15) is 32.0 Å². The Labute approximate surface area is 131 Å². The number of nitrogens with two attached hydrogens (primary N) is 1. The van der Waals surface area contributed by atoms with Gasteiger partial charge in [-0.2, -0.15) is 0 Å². The third kappa shape index (κ3) is 3.37. The zero-order valence-electron chi connectivity index (χ0n) is 13.7. The molecule has 1 aliphatic heterocycles. The zero-order chi connectivity index (χ0) is 16.5. The maximum absolute atomic E-state index is 12.6. The molecular formula is C16H24N4O2. The molecule has 1 aromatic rings. The number of hydrogen-bond acceptors (Lipinski definition) is 3. The van der Waals surface area contributed by atoms with E-state index in [0.29, 0.717) is 19.6 Å². The van der Waals surface area contributed by atoms with Gasteiger partial charge in [0, 0.05) is 31.5 Å². The summed E-state index contributed by atoms with van der Waals surface area (Å²) in [6.07, 6.45) is 1.78. The van der Waals surface area contributed by atoms with E-state index >= 15 is 0 Å². The van der Waals surface area contributed by atoms with Crippen molar-refractivity contribution in [3.05, 3.63) is 29.6 Å². The van der Waals surface area contributed by atoms with Crippen LogP contribution in [0.15, 0.2) is 18.3 Å². The first-order chi connectivity index (χ1) is 10.2. The van der Waals surface area contributed by atoms with Crippen LogP contribution in [-0.4, -0.2) is 45.9 Å². The van der Waals surface area contributed by atoms with Crippen molar-refractivity contribution >= 4 is 11.9 Å². The van der Waals surface area contributed by atoms with Crippen molar-refractivity contribution in [2.24, 2.45) is 11.1 Å². The second kappa shape index (κ2) is 5.94. The molecule has 2 N–H and O–H groups in total. The van der Waals surface area contributed by atoms with Crippen LogP contribution in [0.5, 0.6) is 0 Å². The Kier molecular flexibility index (Phi) is 4.39. The highest BCUT2D eigenvalue weighted by atomic mass is 16.2. The fraction of sp³-hybridized carbons (Fsp3) is 0.562. The summed E-state index contributed by atoms with van der Waals surface area (Å²) in [6, 6.07) is 3.16. The summed E-state index contributed by atoms with van der Waals surface area (Å²) in [7, 11) is 0. The third-order valence-corrected chi connectivity index (χ3v) is 3.87. The number of primary amides is 1. The Morgan fingerprint density at radius 1 is 1.36 bits per heavy atom. The SMILES string of the molecule is Cc1ccc(CN2CCN(C(C(N)=O)C(C)(C)C)C2=O)cn1. The molecule has 1 fully saturated rings. The number of nitrogens with zero attached hydrogens (tertiary/aromatic N) is 3. The molecule has 0 spiro atoms. The molecule has 1 aliphatic rings. The van der Waals surface area contributed by atoms with Gasteiger partial charge in [-0.05, 0) is 24.0 Å². The lowest BCUT2D eigenvalue weighted by molar-refractivity contribution is -0.125. The predicted octanol–water partition coefficient (Wildman–Crippen LogP) is 1.53. The van der Waals surface area contributed by atoms with Crippen LogP contribution in [0.2, 0.25) is 0 Å². The molecule has 0 radical (unpaired) electrons. The van der Waals surface area contributed by atoms with Crippen molar-refractivity contribution in [1.82, 2.24) is 14.8 Å². The van der Waals surface area contributed by atoms with Crippen molar-refractivity contribution in [2.45, 2.75) is 40.3 Å². The van der Waals surface area contributed by atoms with E-state index in [4.69, 9.17) is 5.73 Å². The summed E-state index contributed by atoms with van der Waals surface area (Å²) in [5.74, 6) is -0.459. The number of pyridine rings is 1. The number of aryl methyl sites for hydroxylation is 1. The number of aromatic nitrogens is 1. The summed E-state index contributed by atoms with van der Waals surface area (Å²) in [5, 5.41) is 0. The van der Waals surface area contributed by atoms with Crippen LogP contribution in [0, 0.1) is 12.3 Å². The normalized spacial score (nSPS) is 17.0.